The molecule has 0 aromatic carbocycles. The van der Waals surface area contributed by atoms with E-state index in [-0.39, 0.29) is 5.91 Å². The van der Waals surface area contributed by atoms with Crippen LogP contribution in [-0.2, 0) is 4.79 Å². The molecule has 0 heterocycles. The largest absolute Gasteiger partial charge is 0.356 e. The minimum atomic E-state index is 0.0547. The van der Waals surface area contributed by atoms with Crippen LogP contribution >= 0.6 is 0 Å². The highest BCUT2D eigenvalue weighted by molar-refractivity contribution is 5.72. The standard InChI is InChI=1S/C7H14NO/c1-3-4-5-6-8-7(2)9/h1,3-6H2,2H3,(H,8,9). The quantitative estimate of drug-likeness (QED) is 0.565. The van der Waals surface area contributed by atoms with E-state index in [9.17, 15) is 4.79 Å². The SMILES string of the molecule is [CH2]CCCCNC(C)=O. The maximum absolute atomic E-state index is 10.3. The molecule has 0 rings (SSSR count). The molecule has 0 fully saturated rings. The van der Waals surface area contributed by atoms with E-state index >= 15 is 0 Å². The van der Waals surface area contributed by atoms with Gasteiger partial charge in [-0.05, 0) is 6.42 Å². The van der Waals surface area contributed by atoms with Crippen molar-refractivity contribution < 1.29 is 4.79 Å². The van der Waals surface area contributed by atoms with Gasteiger partial charge >= 0.3 is 0 Å². The predicted molar refractivity (Wildman–Crippen MR) is 37.9 cm³/mol. The van der Waals surface area contributed by atoms with Crippen molar-refractivity contribution in [3.63, 3.8) is 0 Å². The zero-order chi connectivity index (χ0) is 7.11. The van der Waals surface area contributed by atoms with Crippen LogP contribution in [0, 0.1) is 6.92 Å². The third-order valence-electron chi connectivity index (χ3n) is 1.05. The molecule has 0 atom stereocenters. The van der Waals surface area contributed by atoms with Crippen LogP contribution in [0.2, 0.25) is 0 Å². The second-order valence-corrected chi connectivity index (χ2v) is 2.04. The molecule has 0 aromatic heterocycles. The Morgan fingerprint density at radius 2 is 2.22 bits per heavy atom. The van der Waals surface area contributed by atoms with Gasteiger partial charge in [-0.2, -0.15) is 0 Å². The minimum Gasteiger partial charge on any atom is -0.356 e. The van der Waals surface area contributed by atoms with Gasteiger partial charge in [-0.3, -0.25) is 4.79 Å². The van der Waals surface area contributed by atoms with Gasteiger partial charge in [0.05, 0.1) is 0 Å². The van der Waals surface area contributed by atoms with Crippen LogP contribution < -0.4 is 5.32 Å². The fourth-order valence-electron chi connectivity index (χ4n) is 0.566. The average molecular weight is 128 g/mol. The Bertz CT molecular complexity index is 81.0. The van der Waals surface area contributed by atoms with Crippen LogP contribution in [0.25, 0.3) is 0 Å². The summed E-state index contributed by atoms with van der Waals surface area (Å²) in [4.78, 5) is 10.3. The van der Waals surface area contributed by atoms with Gasteiger partial charge in [0.15, 0.2) is 0 Å². The van der Waals surface area contributed by atoms with E-state index in [1.165, 1.54) is 6.92 Å². The molecule has 53 valence electrons. The molecular weight excluding hydrogens is 114 g/mol. The van der Waals surface area contributed by atoms with Crippen molar-refractivity contribution in [3.05, 3.63) is 6.92 Å². The normalized spacial score (nSPS) is 9.11. The third kappa shape index (κ3) is 7.47. The summed E-state index contributed by atoms with van der Waals surface area (Å²) in [6, 6.07) is 0. The second-order valence-electron chi connectivity index (χ2n) is 2.04. The smallest absolute Gasteiger partial charge is 0.216 e. The first-order valence-electron chi connectivity index (χ1n) is 3.31. The van der Waals surface area contributed by atoms with Crippen molar-refractivity contribution >= 4 is 5.91 Å². The molecule has 0 saturated carbocycles. The van der Waals surface area contributed by atoms with Crippen molar-refractivity contribution in [2.24, 2.45) is 0 Å². The van der Waals surface area contributed by atoms with E-state index in [4.69, 9.17) is 0 Å². The molecule has 0 aliphatic heterocycles. The molecule has 1 radical (unpaired) electrons. The van der Waals surface area contributed by atoms with E-state index in [2.05, 4.69) is 12.2 Å². The van der Waals surface area contributed by atoms with Gasteiger partial charge in [-0.25, -0.2) is 0 Å². The van der Waals surface area contributed by atoms with Crippen LogP contribution in [0.3, 0.4) is 0 Å². The zero-order valence-corrected chi connectivity index (χ0v) is 5.94. The molecule has 1 N–H and O–H groups in total. The first-order valence-corrected chi connectivity index (χ1v) is 3.31. The first kappa shape index (κ1) is 8.47. The summed E-state index contributed by atoms with van der Waals surface area (Å²) in [5.41, 5.74) is 0. The zero-order valence-electron chi connectivity index (χ0n) is 5.94. The topological polar surface area (TPSA) is 29.1 Å². The average Bonchev–Trinajstić information content (AvgIpc) is 1.80. The van der Waals surface area contributed by atoms with Gasteiger partial charge in [0.1, 0.15) is 0 Å². The van der Waals surface area contributed by atoms with E-state index < -0.39 is 0 Å². The van der Waals surface area contributed by atoms with Crippen molar-refractivity contribution in [2.45, 2.75) is 26.2 Å². The van der Waals surface area contributed by atoms with Crippen LogP contribution in [0.4, 0.5) is 0 Å². The van der Waals surface area contributed by atoms with Gasteiger partial charge in [0.2, 0.25) is 5.91 Å². The summed E-state index contributed by atoms with van der Waals surface area (Å²) in [5.74, 6) is 0.0547. The fraction of sp³-hybridized carbons (Fsp3) is 0.714. The van der Waals surface area contributed by atoms with Crippen molar-refractivity contribution in [1.82, 2.24) is 5.32 Å². The molecule has 0 aliphatic carbocycles. The van der Waals surface area contributed by atoms with E-state index in [0.717, 1.165) is 25.8 Å². The van der Waals surface area contributed by atoms with Crippen molar-refractivity contribution in [1.29, 1.82) is 0 Å². The van der Waals surface area contributed by atoms with Gasteiger partial charge in [0, 0.05) is 13.5 Å². The van der Waals surface area contributed by atoms with Gasteiger partial charge in [-0.1, -0.05) is 19.8 Å². The van der Waals surface area contributed by atoms with Crippen molar-refractivity contribution in [2.75, 3.05) is 6.54 Å². The molecule has 0 aliphatic rings. The van der Waals surface area contributed by atoms with Crippen LogP contribution in [0.15, 0.2) is 0 Å². The lowest BCUT2D eigenvalue weighted by atomic mass is 10.2. The summed E-state index contributed by atoms with van der Waals surface area (Å²) in [5, 5.41) is 2.71. The summed E-state index contributed by atoms with van der Waals surface area (Å²) in [6.45, 7) is 6.02. The Morgan fingerprint density at radius 3 is 2.67 bits per heavy atom. The Balaban J connectivity index is 2.83. The number of hydrogen-bond acceptors (Lipinski definition) is 1. The number of carbonyl (C=O) groups excluding carboxylic acids is 1. The third-order valence-corrected chi connectivity index (χ3v) is 1.05. The number of unbranched alkanes of at least 4 members (excludes halogenated alkanes) is 2. The Morgan fingerprint density at radius 1 is 1.56 bits per heavy atom. The molecule has 2 heteroatoms. The highest BCUT2D eigenvalue weighted by Crippen LogP contribution is 1.89. The van der Waals surface area contributed by atoms with Gasteiger partial charge < -0.3 is 5.32 Å². The molecule has 0 bridgehead atoms. The molecule has 1 amide bonds. The Labute approximate surface area is 56.6 Å². The summed E-state index contributed by atoms with van der Waals surface area (Å²) in [6.07, 6.45) is 3.10. The molecule has 0 unspecified atom stereocenters. The van der Waals surface area contributed by atoms with E-state index in [1.807, 2.05) is 0 Å². The van der Waals surface area contributed by atoms with Gasteiger partial charge in [0.25, 0.3) is 0 Å². The fourth-order valence-corrected chi connectivity index (χ4v) is 0.566. The number of nitrogens with one attached hydrogen (secondary N) is 1. The van der Waals surface area contributed by atoms with Crippen molar-refractivity contribution in [3.8, 4) is 0 Å². The minimum absolute atomic E-state index is 0.0547. The number of hydrogen-bond donors (Lipinski definition) is 1. The van der Waals surface area contributed by atoms with Crippen LogP contribution in [0.5, 0.6) is 0 Å². The number of amides is 1. The second kappa shape index (κ2) is 5.60. The Kier molecular flexibility index (Phi) is 5.27. The monoisotopic (exact) mass is 128 g/mol. The summed E-state index contributed by atoms with van der Waals surface area (Å²) >= 11 is 0. The predicted octanol–water partition coefficient (Wildman–Crippen LogP) is 1.13. The number of carbonyl (C=O) groups is 1. The Hall–Kier alpha value is -0.530. The maximum Gasteiger partial charge on any atom is 0.216 e. The van der Waals surface area contributed by atoms with E-state index in [1.54, 1.807) is 0 Å². The molecular formula is C7H14NO. The van der Waals surface area contributed by atoms with Crippen LogP contribution in [0.1, 0.15) is 26.2 Å². The molecule has 9 heavy (non-hydrogen) atoms. The number of rotatable bonds is 4. The maximum atomic E-state index is 10.3. The van der Waals surface area contributed by atoms with Gasteiger partial charge in [-0.15, -0.1) is 0 Å². The summed E-state index contributed by atoms with van der Waals surface area (Å²) < 4.78 is 0. The lowest BCUT2D eigenvalue weighted by molar-refractivity contribution is -0.118. The molecule has 0 spiro atoms. The lowest BCUT2D eigenvalue weighted by Gasteiger charge is -1.98. The molecule has 0 saturated heterocycles. The highest BCUT2D eigenvalue weighted by atomic mass is 16.1. The van der Waals surface area contributed by atoms with Crippen LogP contribution in [-0.4, -0.2) is 12.5 Å². The summed E-state index contributed by atoms with van der Waals surface area (Å²) in [7, 11) is 0. The first-order chi connectivity index (χ1) is 4.27. The molecule has 0 aromatic rings. The molecule has 2 nitrogen and oxygen atoms in total. The van der Waals surface area contributed by atoms with E-state index in [0.29, 0.717) is 0 Å². The highest BCUT2D eigenvalue weighted by Gasteiger charge is 1.87. The lowest BCUT2D eigenvalue weighted by Crippen LogP contribution is -2.20.